The Balaban J connectivity index is 2.28. The predicted molar refractivity (Wildman–Crippen MR) is 111 cm³/mol. The van der Waals surface area contributed by atoms with Crippen molar-refractivity contribution in [2.24, 2.45) is 5.92 Å². The van der Waals surface area contributed by atoms with Crippen LogP contribution in [0.2, 0.25) is 5.02 Å². The lowest BCUT2D eigenvalue weighted by Gasteiger charge is -2.29. The zero-order valence-electron chi connectivity index (χ0n) is 15.6. The zero-order chi connectivity index (χ0) is 19.9. The van der Waals surface area contributed by atoms with E-state index in [9.17, 15) is 13.5 Å². The van der Waals surface area contributed by atoms with Gasteiger partial charge >= 0.3 is 0 Å². The highest BCUT2D eigenvalue weighted by atomic mass is 35.5. The number of hydrogen-bond acceptors (Lipinski definition) is 3. The fourth-order valence-electron chi connectivity index (χ4n) is 2.89. The van der Waals surface area contributed by atoms with Gasteiger partial charge in [0, 0.05) is 24.2 Å². The van der Waals surface area contributed by atoms with Gasteiger partial charge in [-0.25, -0.2) is 8.42 Å². The van der Waals surface area contributed by atoms with E-state index in [-0.39, 0.29) is 30.0 Å². The molecule has 0 aliphatic rings. The Morgan fingerprint density at radius 2 is 1.70 bits per heavy atom. The third-order valence-corrected chi connectivity index (χ3v) is 6.61. The number of aliphatic hydroxyl groups excluding tert-OH is 1. The van der Waals surface area contributed by atoms with Crippen LogP contribution in [0.3, 0.4) is 0 Å². The second kappa shape index (κ2) is 10.0. The molecule has 1 N–H and O–H groups in total. The SMILES string of the molecule is CC(CO)CC(C)N(C/C=C/c1ccccc1)S(=O)(=O)c1ccc(Cl)cc1. The topological polar surface area (TPSA) is 57.6 Å². The molecule has 2 aromatic rings. The summed E-state index contributed by atoms with van der Waals surface area (Å²) in [6.45, 7) is 4.05. The van der Waals surface area contributed by atoms with Crippen molar-refractivity contribution in [3.8, 4) is 0 Å². The molecule has 4 nitrogen and oxygen atoms in total. The molecule has 27 heavy (non-hydrogen) atoms. The van der Waals surface area contributed by atoms with Crippen molar-refractivity contribution in [2.45, 2.75) is 31.2 Å². The maximum atomic E-state index is 13.2. The highest BCUT2D eigenvalue weighted by molar-refractivity contribution is 7.89. The van der Waals surface area contributed by atoms with Crippen LogP contribution in [0.4, 0.5) is 0 Å². The fourth-order valence-corrected chi connectivity index (χ4v) is 4.61. The van der Waals surface area contributed by atoms with Gasteiger partial charge in [0.15, 0.2) is 0 Å². The molecule has 0 aromatic heterocycles. The summed E-state index contributed by atoms with van der Waals surface area (Å²) in [5.41, 5.74) is 1.01. The van der Waals surface area contributed by atoms with Crippen LogP contribution in [-0.4, -0.2) is 37.0 Å². The number of nitrogens with zero attached hydrogens (tertiary/aromatic N) is 1. The molecule has 0 spiro atoms. The second-order valence-electron chi connectivity index (χ2n) is 6.71. The van der Waals surface area contributed by atoms with Gasteiger partial charge in [-0.1, -0.05) is 61.0 Å². The van der Waals surface area contributed by atoms with Crippen molar-refractivity contribution < 1.29 is 13.5 Å². The molecule has 0 saturated carbocycles. The number of sulfonamides is 1. The zero-order valence-corrected chi connectivity index (χ0v) is 17.2. The van der Waals surface area contributed by atoms with Gasteiger partial charge in [0.25, 0.3) is 0 Å². The van der Waals surface area contributed by atoms with Crippen LogP contribution in [-0.2, 0) is 10.0 Å². The quantitative estimate of drug-likeness (QED) is 0.668. The third-order valence-electron chi connectivity index (χ3n) is 4.36. The molecule has 0 aliphatic carbocycles. The van der Waals surface area contributed by atoms with Gasteiger partial charge in [0.2, 0.25) is 10.0 Å². The van der Waals surface area contributed by atoms with E-state index in [0.29, 0.717) is 11.4 Å². The molecule has 0 fully saturated rings. The number of hydrogen-bond donors (Lipinski definition) is 1. The molecule has 0 bridgehead atoms. The Morgan fingerprint density at radius 1 is 1.07 bits per heavy atom. The molecule has 6 heteroatoms. The van der Waals surface area contributed by atoms with Crippen molar-refractivity contribution in [1.82, 2.24) is 4.31 Å². The Labute approximate surface area is 167 Å². The highest BCUT2D eigenvalue weighted by Gasteiger charge is 2.29. The number of rotatable bonds is 9. The lowest BCUT2D eigenvalue weighted by atomic mass is 10.0. The van der Waals surface area contributed by atoms with Gasteiger partial charge < -0.3 is 5.11 Å². The van der Waals surface area contributed by atoms with Crippen LogP contribution < -0.4 is 0 Å². The number of halogens is 1. The molecule has 0 heterocycles. The van der Waals surface area contributed by atoms with Crippen LogP contribution in [0, 0.1) is 5.92 Å². The van der Waals surface area contributed by atoms with E-state index in [0.717, 1.165) is 5.56 Å². The summed E-state index contributed by atoms with van der Waals surface area (Å²) in [5.74, 6) is 0.0148. The minimum atomic E-state index is -3.68. The first kappa shape index (κ1) is 21.6. The second-order valence-corrected chi connectivity index (χ2v) is 9.04. The van der Waals surface area contributed by atoms with Gasteiger partial charge in [-0.15, -0.1) is 0 Å². The van der Waals surface area contributed by atoms with Crippen LogP contribution in [0.25, 0.3) is 6.08 Å². The molecule has 0 aliphatic heterocycles. The minimum absolute atomic E-state index is 0.0148. The maximum absolute atomic E-state index is 13.2. The Bertz CT molecular complexity index is 835. The van der Waals surface area contributed by atoms with Crippen molar-refractivity contribution >= 4 is 27.7 Å². The van der Waals surface area contributed by atoms with Crippen molar-refractivity contribution in [1.29, 1.82) is 0 Å². The van der Waals surface area contributed by atoms with E-state index in [1.54, 1.807) is 12.1 Å². The van der Waals surface area contributed by atoms with Gasteiger partial charge in [0.05, 0.1) is 4.90 Å². The lowest BCUT2D eigenvalue weighted by molar-refractivity contribution is 0.204. The summed E-state index contributed by atoms with van der Waals surface area (Å²) < 4.78 is 27.8. The first-order valence-corrected chi connectivity index (χ1v) is 10.8. The highest BCUT2D eigenvalue weighted by Crippen LogP contribution is 2.23. The van der Waals surface area contributed by atoms with E-state index in [2.05, 4.69) is 0 Å². The summed E-state index contributed by atoms with van der Waals surface area (Å²) in [5, 5.41) is 9.84. The Kier molecular flexibility index (Phi) is 8.05. The molecule has 2 atom stereocenters. The van der Waals surface area contributed by atoms with E-state index in [4.69, 9.17) is 11.6 Å². The molecular formula is C21H26ClNO3S. The van der Waals surface area contributed by atoms with Crippen molar-refractivity contribution in [3.05, 3.63) is 71.3 Å². The Hall–Kier alpha value is -1.66. The van der Waals surface area contributed by atoms with Crippen LogP contribution in [0.5, 0.6) is 0 Å². The van der Waals surface area contributed by atoms with E-state index in [1.165, 1.54) is 16.4 Å². The molecular weight excluding hydrogens is 382 g/mol. The smallest absolute Gasteiger partial charge is 0.243 e. The fraction of sp³-hybridized carbons (Fsp3) is 0.333. The molecule has 0 radical (unpaired) electrons. The van der Waals surface area contributed by atoms with E-state index in [1.807, 2.05) is 56.3 Å². The van der Waals surface area contributed by atoms with Gasteiger partial charge in [0.1, 0.15) is 0 Å². The maximum Gasteiger partial charge on any atom is 0.243 e. The normalized spacial score (nSPS) is 14.6. The molecule has 2 aromatic carbocycles. The van der Waals surface area contributed by atoms with Crippen LogP contribution >= 0.6 is 11.6 Å². The van der Waals surface area contributed by atoms with E-state index < -0.39 is 10.0 Å². The number of benzene rings is 2. The molecule has 2 unspecified atom stereocenters. The monoisotopic (exact) mass is 407 g/mol. The minimum Gasteiger partial charge on any atom is -0.396 e. The van der Waals surface area contributed by atoms with Gasteiger partial charge in [-0.3, -0.25) is 0 Å². The summed E-state index contributed by atoms with van der Waals surface area (Å²) in [4.78, 5) is 0.212. The standard InChI is InChI=1S/C21H26ClNO3S/c1-17(16-24)15-18(2)23(14-6-9-19-7-4-3-5-8-19)27(25,26)21-12-10-20(22)11-13-21/h3-13,17-18,24H,14-16H2,1-2H3/b9-6+. The van der Waals surface area contributed by atoms with Gasteiger partial charge in [-0.05, 0) is 49.1 Å². The Morgan fingerprint density at radius 3 is 2.30 bits per heavy atom. The molecule has 2 rings (SSSR count). The number of aliphatic hydroxyl groups is 1. The van der Waals surface area contributed by atoms with Gasteiger partial charge in [-0.2, -0.15) is 4.31 Å². The third kappa shape index (κ3) is 6.18. The van der Waals surface area contributed by atoms with Crippen molar-refractivity contribution in [3.63, 3.8) is 0 Å². The first-order valence-electron chi connectivity index (χ1n) is 8.94. The average Bonchev–Trinajstić information content (AvgIpc) is 2.66. The van der Waals surface area contributed by atoms with E-state index >= 15 is 0 Å². The van der Waals surface area contributed by atoms with Crippen LogP contribution in [0.15, 0.2) is 65.6 Å². The largest absolute Gasteiger partial charge is 0.396 e. The van der Waals surface area contributed by atoms with Crippen LogP contribution in [0.1, 0.15) is 25.8 Å². The molecule has 0 saturated heterocycles. The van der Waals surface area contributed by atoms with Crippen molar-refractivity contribution in [2.75, 3.05) is 13.2 Å². The first-order chi connectivity index (χ1) is 12.8. The lowest BCUT2D eigenvalue weighted by Crippen LogP contribution is -2.39. The summed E-state index contributed by atoms with van der Waals surface area (Å²) in [7, 11) is -3.68. The average molecular weight is 408 g/mol. The summed E-state index contributed by atoms with van der Waals surface area (Å²) in [6, 6.07) is 15.7. The summed E-state index contributed by atoms with van der Waals surface area (Å²) >= 11 is 5.90. The predicted octanol–water partition coefficient (Wildman–Crippen LogP) is 4.45. The molecule has 146 valence electrons. The summed E-state index contributed by atoms with van der Waals surface area (Å²) in [6.07, 6.45) is 4.33. The molecule has 0 amide bonds.